The van der Waals surface area contributed by atoms with Gasteiger partial charge in [-0.1, -0.05) is 20.3 Å². The minimum Gasteiger partial charge on any atom is -0.494 e. The highest BCUT2D eigenvalue weighted by atomic mass is 16.5. The average Bonchev–Trinajstić information content (AvgIpc) is 2.39. The highest BCUT2D eigenvalue weighted by molar-refractivity contribution is 5.94. The molecule has 1 amide bonds. The maximum absolute atomic E-state index is 11.9. The summed E-state index contributed by atoms with van der Waals surface area (Å²) in [5.74, 6) is 0.822. The van der Waals surface area contributed by atoms with E-state index in [2.05, 4.69) is 5.32 Å². The second-order valence-electron chi connectivity index (χ2n) is 4.36. The number of amides is 1. The lowest BCUT2D eigenvalue weighted by Crippen LogP contribution is -2.40. The van der Waals surface area contributed by atoms with Gasteiger partial charge in [0.1, 0.15) is 5.75 Å². The van der Waals surface area contributed by atoms with Crippen molar-refractivity contribution in [2.45, 2.75) is 33.2 Å². The van der Waals surface area contributed by atoms with Crippen LogP contribution in [0.15, 0.2) is 24.3 Å². The van der Waals surface area contributed by atoms with Gasteiger partial charge < -0.3 is 15.8 Å². The minimum absolute atomic E-state index is 0.145. The van der Waals surface area contributed by atoms with E-state index in [1.165, 1.54) is 0 Å². The van der Waals surface area contributed by atoms with Crippen molar-refractivity contribution in [1.82, 2.24) is 0 Å². The molecule has 4 nitrogen and oxygen atoms in total. The third-order valence-corrected chi connectivity index (χ3v) is 2.99. The highest BCUT2D eigenvalue weighted by Gasteiger charge is 2.19. The molecule has 0 spiro atoms. The smallest absolute Gasteiger partial charge is 0.241 e. The number of ether oxygens (including phenoxy) is 1. The van der Waals surface area contributed by atoms with E-state index >= 15 is 0 Å². The molecule has 0 aliphatic rings. The van der Waals surface area contributed by atoms with Gasteiger partial charge in [0, 0.05) is 5.69 Å². The molecule has 1 rings (SSSR count). The van der Waals surface area contributed by atoms with E-state index in [0.29, 0.717) is 6.61 Å². The van der Waals surface area contributed by atoms with E-state index in [4.69, 9.17) is 10.5 Å². The SMILES string of the molecule is CCOc1ccc(NC(=O)[C@@H](N)C(C)CC)cc1. The Labute approximate surface area is 109 Å². The van der Waals surface area contributed by atoms with Crippen LogP contribution in [0.2, 0.25) is 0 Å². The molecule has 1 unspecified atom stereocenters. The third-order valence-electron chi connectivity index (χ3n) is 2.99. The summed E-state index contributed by atoms with van der Waals surface area (Å²) in [4.78, 5) is 11.9. The second-order valence-corrected chi connectivity index (χ2v) is 4.36. The Morgan fingerprint density at radius 1 is 1.33 bits per heavy atom. The Kier molecular flexibility index (Phi) is 5.65. The summed E-state index contributed by atoms with van der Waals surface area (Å²) in [5, 5.41) is 2.81. The summed E-state index contributed by atoms with van der Waals surface area (Å²) in [5.41, 5.74) is 6.60. The lowest BCUT2D eigenvalue weighted by molar-refractivity contribution is -0.118. The summed E-state index contributed by atoms with van der Waals surface area (Å²) >= 11 is 0. The fraction of sp³-hybridized carbons (Fsp3) is 0.500. The maximum atomic E-state index is 11.9. The lowest BCUT2D eigenvalue weighted by atomic mass is 9.99. The molecule has 0 heterocycles. The Bertz CT molecular complexity index is 376. The van der Waals surface area contributed by atoms with Crippen molar-refractivity contribution in [2.75, 3.05) is 11.9 Å². The molecule has 0 fully saturated rings. The van der Waals surface area contributed by atoms with Gasteiger partial charge in [-0.2, -0.15) is 0 Å². The van der Waals surface area contributed by atoms with Gasteiger partial charge in [0.2, 0.25) is 5.91 Å². The number of benzene rings is 1. The van der Waals surface area contributed by atoms with Crippen molar-refractivity contribution in [2.24, 2.45) is 11.7 Å². The van der Waals surface area contributed by atoms with E-state index in [0.717, 1.165) is 17.9 Å². The highest BCUT2D eigenvalue weighted by Crippen LogP contribution is 2.16. The molecule has 0 saturated carbocycles. The zero-order valence-corrected chi connectivity index (χ0v) is 11.3. The van der Waals surface area contributed by atoms with E-state index in [-0.39, 0.29) is 11.8 Å². The number of rotatable bonds is 6. The fourth-order valence-corrected chi connectivity index (χ4v) is 1.54. The number of hydrogen-bond acceptors (Lipinski definition) is 3. The lowest BCUT2D eigenvalue weighted by Gasteiger charge is -2.17. The van der Waals surface area contributed by atoms with Crippen LogP contribution < -0.4 is 15.8 Å². The molecule has 0 saturated heterocycles. The largest absolute Gasteiger partial charge is 0.494 e. The van der Waals surface area contributed by atoms with Gasteiger partial charge in [0.05, 0.1) is 12.6 Å². The molecule has 1 aromatic carbocycles. The molecule has 0 aromatic heterocycles. The molecule has 4 heteroatoms. The molecule has 0 bridgehead atoms. The molecule has 3 N–H and O–H groups in total. The molecule has 0 aliphatic carbocycles. The standard InChI is InChI=1S/C14H22N2O2/c1-4-10(3)13(15)14(17)16-11-6-8-12(9-7-11)18-5-2/h6-10,13H,4-5,15H2,1-3H3,(H,16,17)/t10?,13-/m0/s1. The van der Waals surface area contributed by atoms with Crippen LogP contribution in [0.5, 0.6) is 5.75 Å². The first-order chi connectivity index (χ1) is 8.58. The molecule has 0 radical (unpaired) electrons. The van der Waals surface area contributed by atoms with Crippen LogP contribution in [0.1, 0.15) is 27.2 Å². The Hall–Kier alpha value is -1.55. The number of hydrogen-bond donors (Lipinski definition) is 2. The van der Waals surface area contributed by atoms with Crippen LogP contribution in [-0.4, -0.2) is 18.6 Å². The minimum atomic E-state index is -0.471. The molecule has 18 heavy (non-hydrogen) atoms. The van der Waals surface area contributed by atoms with Gasteiger partial charge >= 0.3 is 0 Å². The van der Waals surface area contributed by atoms with E-state index < -0.39 is 6.04 Å². The second kappa shape index (κ2) is 7.01. The Morgan fingerprint density at radius 2 is 1.94 bits per heavy atom. The quantitative estimate of drug-likeness (QED) is 0.814. The Morgan fingerprint density at radius 3 is 2.44 bits per heavy atom. The Balaban J connectivity index is 2.59. The van der Waals surface area contributed by atoms with Gasteiger partial charge in [-0.3, -0.25) is 4.79 Å². The summed E-state index contributed by atoms with van der Waals surface area (Å²) < 4.78 is 5.33. The van der Waals surface area contributed by atoms with E-state index in [1.807, 2.05) is 45.0 Å². The van der Waals surface area contributed by atoms with Crippen LogP contribution in [0.4, 0.5) is 5.69 Å². The van der Waals surface area contributed by atoms with E-state index in [9.17, 15) is 4.79 Å². The van der Waals surface area contributed by atoms with Crippen LogP contribution >= 0.6 is 0 Å². The van der Waals surface area contributed by atoms with Crippen molar-refractivity contribution in [3.8, 4) is 5.75 Å². The van der Waals surface area contributed by atoms with Crippen molar-refractivity contribution >= 4 is 11.6 Å². The first-order valence-electron chi connectivity index (χ1n) is 6.37. The monoisotopic (exact) mass is 250 g/mol. The number of carbonyl (C=O) groups is 1. The predicted molar refractivity (Wildman–Crippen MR) is 73.7 cm³/mol. The van der Waals surface area contributed by atoms with Crippen LogP contribution in [0.25, 0.3) is 0 Å². The van der Waals surface area contributed by atoms with Crippen LogP contribution in [-0.2, 0) is 4.79 Å². The first kappa shape index (κ1) is 14.5. The zero-order chi connectivity index (χ0) is 13.5. The summed E-state index contributed by atoms with van der Waals surface area (Å²) in [6, 6.07) is 6.81. The number of nitrogens with two attached hydrogens (primary N) is 1. The normalized spacial score (nSPS) is 13.8. The zero-order valence-electron chi connectivity index (χ0n) is 11.3. The molecular formula is C14H22N2O2. The van der Waals surface area contributed by atoms with Gasteiger partial charge in [-0.05, 0) is 37.1 Å². The first-order valence-corrected chi connectivity index (χ1v) is 6.37. The number of anilines is 1. The summed E-state index contributed by atoms with van der Waals surface area (Å²) in [7, 11) is 0. The van der Waals surface area contributed by atoms with Crippen LogP contribution in [0, 0.1) is 5.92 Å². The number of carbonyl (C=O) groups excluding carboxylic acids is 1. The van der Waals surface area contributed by atoms with Gasteiger partial charge in [0.15, 0.2) is 0 Å². The maximum Gasteiger partial charge on any atom is 0.241 e. The third kappa shape index (κ3) is 4.04. The molecule has 2 atom stereocenters. The molecule has 0 aliphatic heterocycles. The summed E-state index contributed by atoms with van der Waals surface area (Å²) in [6.07, 6.45) is 0.887. The molecule has 100 valence electrons. The average molecular weight is 250 g/mol. The van der Waals surface area contributed by atoms with Crippen molar-refractivity contribution in [1.29, 1.82) is 0 Å². The fourth-order valence-electron chi connectivity index (χ4n) is 1.54. The predicted octanol–water partition coefficient (Wildman–Crippen LogP) is 2.40. The van der Waals surface area contributed by atoms with Crippen molar-refractivity contribution in [3.05, 3.63) is 24.3 Å². The topological polar surface area (TPSA) is 64.3 Å². The van der Waals surface area contributed by atoms with Crippen molar-refractivity contribution in [3.63, 3.8) is 0 Å². The summed E-state index contributed by atoms with van der Waals surface area (Å²) in [6.45, 7) is 6.56. The van der Waals surface area contributed by atoms with Gasteiger partial charge in [0.25, 0.3) is 0 Å². The molecular weight excluding hydrogens is 228 g/mol. The van der Waals surface area contributed by atoms with Crippen molar-refractivity contribution < 1.29 is 9.53 Å². The number of nitrogens with one attached hydrogen (secondary N) is 1. The van der Waals surface area contributed by atoms with Gasteiger partial charge in [-0.15, -0.1) is 0 Å². The van der Waals surface area contributed by atoms with E-state index in [1.54, 1.807) is 0 Å². The van der Waals surface area contributed by atoms with Crippen LogP contribution in [0.3, 0.4) is 0 Å². The molecule has 1 aromatic rings. The van der Waals surface area contributed by atoms with Gasteiger partial charge in [-0.25, -0.2) is 0 Å².